The number of methoxy groups -OCH3 is 1. The second-order valence-electron chi connectivity index (χ2n) is 11.0. The van der Waals surface area contributed by atoms with E-state index in [4.69, 9.17) is 4.74 Å². The molecule has 0 saturated carbocycles. The third-order valence-corrected chi connectivity index (χ3v) is 8.05. The summed E-state index contributed by atoms with van der Waals surface area (Å²) in [6, 6.07) is 19.8. The van der Waals surface area contributed by atoms with E-state index in [-0.39, 0.29) is 17.3 Å². The molecular weight excluding hydrogens is 526 g/mol. The first-order chi connectivity index (χ1) is 18.7. The Balaban J connectivity index is 2.07. The fourth-order valence-electron chi connectivity index (χ4n) is 4.37. The zero-order chi connectivity index (χ0) is 29.7. The van der Waals surface area contributed by atoms with E-state index in [0.717, 1.165) is 21.0 Å². The minimum absolute atomic E-state index is 0.0693. The molecule has 0 aromatic heterocycles. The van der Waals surface area contributed by atoms with Crippen LogP contribution in [0.4, 0.5) is 5.69 Å². The Morgan fingerprint density at radius 1 is 0.925 bits per heavy atom. The van der Waals surface area contributed by atoms with E-state index in [1.165, 1.54) is 17.0 Å². The van der Waals surface area contributed by atoms with Crippen molar-refractivity contribution < 1.29 is 22.7 Å². The molecule has 40 heavy (non-hydrogen) atoms. The number of nitrogens with zero attached hydrogens (tertiary/aromatic N) is 2. The quantitative estimate of drug-likeness (QED) is 0.380. The van der Waals surface area contributed by atoms with Gasteiger partial charge in [-0.15, -0.1) is 0 Å². The van der Waals surface area contributed by atoms with Gasteiger partial charge in [0.25, 0.3) is 10.0 Å². The minimum atomic E-state index is -4.11. The summed E-state index contributed by atoms with van der Waals surface area (Å²) < 4.78 is 34.3. The molecule has 3 aromatic carbocycles. The molecule has 0 fully saturated rings. The number of anilines is 1. The predicted molar refractivity (Wildman–Crippen MR) is 158 cm³/mol. The molecule has 1 N–H and O–H groups in total. The summed E-state index contributed by atoms with van der Waals surface area (Å²) in [6.45, 7) is 10.6. The topological polar surface area (TPSA) is 96.0 Å². The van der Waals surface area contributed by atoms with Gasteiger partial charge in [0.05, 0.1) is 17.7 Å². The van der Waals surface area contributed by atoms with Crippen LogP contribution in [0.2, 0.25) is 0 Å². The van der Waals surface area contributed by atoms with Gasteiger partial charge in [0.2, 0.25) is 11.8 Å². The molecule has 0 radical (unpaired) electrons. The highest BCUT2D eigenvalue weighted by atomic mass is 32.2. The molecular formula is C31H39N3O5S. The minimum Gasteiger partial charge on any atom is -0.497 e. The van der Waals surface area contributed by atoms with Crippen LogP contribution in [0.25, 0.3) is 0 Å². The van der Waals surface area contributed by atoms with E-state index in [1.807, 2.05) is 46.8 Å². The number of ether oxygens (including phenoxy) is 1. The summed E-state index contributed by atoms with van der Waals surface area (Å²) in [5, 5.41) is 2.93. The Hall–Kier alpha value is -3.85. The first-order valence-electron chi connectivity index (χ1n) is 13.1. The van der Waals surface area contributed by atoms with E-state index in [0.29, 0.717) is 11.4 Å². The maximum atomic E-state index is 14.1. The normalized spacial score (nSPS) is 12.4. The van der Waals surface area contributed by atoms with Crippen molar-refractivity contribution in [1.82, 2.24) is 10.2 Å². The Morgan fingerprint density at radius 2 is 1.55 bits per heavy atom. The third-order valence-electron chi connectivity index (χ3n) is 6.26. The first kappa shape index (κ1) is 30.7. The third kappa shape index (κ3) is 7.85. The van der Waals surface area contributed by atoms with Crippen molar-refractivity contribution in [2.45, 2.75) is 64.6 Å². The summed E-state index contributed by atoms with van der Waals surface area (Å²) in [6.07, 6.45) is 0. The lowest BCUT2D eigenvalue weighted by Gasteiger charge is -2.33. The number of nitrogens with one attached hydrogen (secondary N) is 1. The number of carbonyl (C=O) groups is 2. The molecule has 3 rings (SSSR count). The molecule has 0 spiro atoms. The molecule has 1 unspecified atom stereocenters. The SMILES string of the molecule is COc1cccc(CN(C(=O)CN(c2cc(C)cc(C)c2)S(=O)(=O)c2ccccc2)C(C)C(=O)NC(C)(C)C)c1. The van der Waals surface area contributed by atoms with Crippen LogP contribution in [-0.4, -0.2) is 50.4 Å². The van der Waals surface area contributed by atoms with Crippen molar-refractivity contribution in [1.29, 1.82) is 0 Å². The maximum absolute atomic E-state index is 14.1. The number of rotatable bonds is 10. The average Bonchev–Trinajstić information content (AvgIpc) is 2.88. The van der Waals surface area contributed by atoms with Crippen molar-refractivity contribution in [3.05, 3.63) is 89.5 Å². The number of aryl methyl sites for hydroxylation is 2. The summed E-state index contributed by atoms with van der Waals surface area (Å²) in [5.41, 5.74) is 2.33. The monoisotopic (exact) mass is 565 g/mol. The van der Waals surface area contributed by atoms with Crippen LogP contribution in [0.1, 0.15) is 44.4 Å². The Morgan fingerprint density at radius 3 is 2.12 bits per heavy atom. The molecule has 0 bridgehead atoms. The van der Waals surface area contributed by atoms with E-state index in [9.17, 15) is 18.0 Å². The van der Waals surface area contributed by atoms with Gasteiger partial charge in [-0.1, -0.05) is 36.4 Å². The van der Waals surface area contributed by atoms with Gasteiger partial charge in [0.1, 0.15) is 18.3 Å². The number of carbonyl (C=O) groups excluding carboxylic acids is 2. The molecule has 0 heterocycles. The molecule has 214 valence electrons. The van der Waals surface area contributed by atoms with Crippen molar-refractivity contribution >= 4 is 27.5 Å². The fourth-order valence-corrected chi connectivity index (χ4v) is 5.79. The first-order valence-corrected chi connectivity index (χ1v) is 14.6. The van der Waals surface area contributed by atoms with E-state index in [1.54, 1.807) is 62.6 Å². The summed E-state index contributed by atoms with van der Waals surface area (Å²) in [4.78, 5) is 28.8. The van der Waals surface area contributed by atoms with Gasteiger partial charge in [-0.3, -0.25) is 13.9 Å². The standard InChI is InChI=1S/C31H39N3O5S/c1-22-16-23(2)18-26(17-22)34(40(37,38)28-14-9-8-10-15-28)21-29(35)33(24(3)30(36)32-31(4,5)6)20-25-12-11-13-27(19-25)39-7/h8-19,24H,20-21H2,1-7H3,(H,32,36). The molecule has 0 aliphatic carbocycles. The van der Waals surface area contributed by atoms with Gasteiger partial charge >= 0.3 is 0 Å². The van der Waals surface area contributed by atoms with Crippen LogP contribution in [0, 0.1) is 13.8 Å². The Labute approximate surface area is 238 Å². The van der Waals surface area contributed by atoms with Gasteiger partial charge in [-0.25, -0.2) is 8.42 Å². The highest BCUT2D eigenvalue weighted by Gasteiger charge is 2.33. The lowest BCUT2D eigenvalue weighted by atomic mass is 10.1. The molecule has 9 heteroatoms. The zero-order valence-electron chi connectivity index (χ0n) is 24.3. The Kier molecular flexibility index (Phi) is 9.63. The van der Waals surface area contributed by atoms with E-state index in [2.05, 4.69) is 5.32 Å². The zero-order valence-corrected chi connectivity index (χ0v) is 25.1. The number of hydrogen-bond acceptors (Lipinski definition) is 5. The number of hydrogen-bond donors (Lipinski definition) is 1. The average molecular weight is 566 g/mol. The largest absolute Gasteiger partial charge is 0.497 e. The van der Waals surface area contributed by atoms with Crippen LogP contribution in [0.15, 0.2) is 77.7 Å². The number of amides is 2. The van der Waals surface area contributed by atoms with E-state index >= 15 is 0 Å². The highest BCUT2D eigenvalue weighted by molar-refractivity contribution is 7.92. The molecule has 3 aromatic rings. The van der Waals surface area contributed by atoms with Crippen LogP contribution in [-0.2, 0) is 26.2 Å². The second-order valence-corrected chi connectivity index (χ2v) is 12.8. The summed E-state index contributed by atoms with van der Waals surface area (Å²) >= 11 is 0. The van der Waals surface area contributed by atoms with Crippen LogP contribution in [0.5, 0.6) is 5.75 Å². The van der Waals surface area contributed by atoms with Crippen molar-refractivity contribution in [3.8, 4) is 5.75 Å². The maximum Gasteiger partial charge on any atom is 0.264 e. The van der Waals surface area contributed by atoms with Gasteiger partial charge < -0.3 is 15.0 Å². The van der Waals surface area contributed by atoms with Crippen LogP contribution >= 0.6 is 0 Å². The molecule has 2 amide bonds. The highest BCUT2D eigenvalue weighted by Crippen LogP contribution is 2.27. The van der Waals surface area contributed by atoms with Gasteiger partial charge in [0, 0.05) is 12.1 Å². The molecule has 1 atom stereocenters. The van der Waals surface area contributed by atoms with Crippen LogP contribution in [0.3, 0.4) is 0 Å². The summed E-state index contributed by atoms with van der Waals surface area (Å²) in [7, 11) is -2.56. The van der Waals surface area contributed by atoms with Gasteiger partial charge in [0.15, 0.2) is 0 Å². The van der Waals surface area contributed by atoms with Gasteiger partial charge in [-0.05, 0) is 94.6 Å². The van der Waals surface area contributed by atoms with Gasteiger partial charge in [-0.2, -0.15) is 0 Å². The number of benzene rings is 3. The molecule has 0 saturated heterocycles. The second kappa shape index (κ2) is 12.6. The number of sulfonamides is 1. The van der Waals surface area contributed by atoms with Crippen molar-refractivity contribution in [3.63, 3.8) is 0 Å². The van der Waals surface area contributed by atoms with Crippen molar-refractivity contribution in [2.75, 3.05) is 18.0 Å². The summed E-state index contributed by atoms with van der Waals surface area (Å²) in [5.74, 6) is -0.245. The van der Waals surface area contributed by atoms with E-state index < -0.39 is 34.1 Å². The Bertz CT molecular complexity index is 1430. The lowest BCUT2D eigenvalue weighted by Crippen LogP contribution is -2.54. The predicted octanol–water partition coefficient (Wildman–Crippen LogP) is 4.84. The smallest absolute Gasteiger partial charge is 0.264 e. The molecule has 0 aliphatic heterocycles. The molecule has 8 nitrogen and oxygen atoms in total. The van der Waals surface area contributed by atoms with Crippen molar-refractivity contribution in [2.24, 2.45) is 0 Å². The lowest BCUT2D eigenvalue weighted by molar-refractivity contribution is -0.140. The van der Waals surface area contributed by atoms with Crippen LogP contribution < -0.4 is 14.4 Å². The molecule has 0 aliphatic rings. The fraction of sp³-hybridized carbons (Fsp3) is 0.355.